The fourth-order valence-electron chi connectivity index (χ4n) is 4.59. The highest BCUT2D eigenvalue weighted by atomic mass is 16.7. The summed E-state index contributed by atoms with van der Waals surface area (Å²) in [5.74, 6) is -0.409. The fourth-order valence-corrected chi connectivity index (χ4v) is 4.59. The molecule has 2 fully saturated rings. The number of fused-ring (bicyclic) bond motifs is 1. The Morgan fingerprint density at radius 3 is 2.40 bits per heavy atom. The number of amides is 1. The van der Waals surface area contributed by atoms with E-state index in [2.05, 4.69) is 0 Å². The van der Waals surface area contributed by atoms with Crippen molar-refractivity contribution in [3.05, 3.63) is 59.2 Å². The molecule has 1 saturated heterocycles. The number of ether oxygens (including phenoxy) is 2. The van der Waals surface area contributed by atoms with Crippen LogP contribution >= 0.6 is 0 Å². The largest absolute Gasteiger partial charge is 0.508 e. The first-order chi connectivity index (χ1) is 14.5. The maximum absolute atomic E-state index is 13.1. The van der Waals surface area contributed by atoms with Crippen LogP contribution in [0.5, 0.6) is 17.2 Å². The molecule has 7 heteroatoms. The minimum atomic E-state index is -0.709. The predicted molar refractivity (Wildman–Crippen MR) is 107 cm³/mol. The van der Waals surface area contributed by atoms with E-state index >= 15 is 0 Å². The number of phenols is 1. The molecular formula is C23H21NO6. The number of benzene rings is 2. The van der Waals surface area contributed by atoms with Crippen LogP contribution in [0.4, 0.5) is 0 Å². The topological polar surface area (TPSA) is 96.3 Å². The van der Waals surface area contributed by atoms with Gasteiger partial charge >= 0.3 is 0 Å². The van der Waals surface area contributed by atoms with Crippen LogP contribution in [-0.2, 0) is 9.59 Å². The zero-order valence-corrected chi connectivity index (χ0v) is 16.2. The summed E-state index contributed by atoms with van der Waals surface area (Å²) < 4.78 is 10.7. The number of aliphatic hydroxyl groups is 1. The van der Waals surface area contributed by atoms with Gasteiger partial charge in [0.25, 0.3) is 11.7 Å². The van der Waals surface area contributed by atoms with Crippen molar-refractivity contribution in [1.29, 1.82) is 0 Å². The molecule has 0 aromatic heterocycles. The average Bonchev–Trinajstić information content (AvgIpc) is 3.48. The Bertz CT molecular complexity index is 1050. The molecule has 0 radical (unpaired) electrons. The number of phenolic OH excluding ortho intramolecular Hbond substituents is 1. The van der Waals surface area contributed by atoms with Gasteiger partial charge in [-0.15, -0.1) is 0 Å². The predicted octanol–water partition coefficient (Wildman–Crippen LogP) is 3.49. The van der Waals surface area contributed by atoms with Crippen molar-refractivity contribution >= 4 is 17.4 Å². The van der Waals surface area contributed by atoms with E-state index in [1.165, 1.54) is 12.1 Å². The second kappa shape index (κ2) is 7.09. The Labute approximate surface area is 173 Å². The number of carbonyl (C=O) groups excluding carboxylic acids is 2. The average molecular weight is 407 g/mol. The van der Waals surface area contributed by atoms with Gasteiger partial charge < -0.3 is 24.6 Å². The van der Waals surface area contributed by atoms with Crippen LogP contribution < -0.4 is 9.47 Å². The van der Waals surface area contributed by atoms with E-state index < -0.39 is 17.7 Å². The quantitative estimate of drug-likeness (QED) is 0.459. The number of carbonyl (C=O) groups is 2. The lowest BCUT2D eigenvalue weighted by Gasteiger charge is -2.30. The minimum absolute atomic E-state index is 0.0523. The summed E-state index contributed by atoms with van der Waals surface area (Å²) in [4.78, 5) is 27.7. The van der Waals surface area contributed by atoms with E-state index in [1.807, 2.05) is 0 Å². The third-order valence-electron chi connectivity index (χ3n) is 6.05. The van der Waals surface area contributed by atoms with Crippen molar-refractivity contribution in [2.45, 2.75) is 37.8 Å². The molecule has 1 saturated carbocycles. The molecule has 2 aliphatic heterocycles. The van der Waals surface area contributed by atoms with Gasteiger partial charge in [-0.25, -0.2) is 0 Å². The maximum atomic E-state index is 13.1. The van der Waals surface area contributed by atoms with Crippen molar-refractivity contribution < 1.29 is 29.3 Å². The van der Waals surface area contributed by atoms with Crippen LogP contribution in [0, 0.1) is 0 Å². The summed E-state index contributed by atoms with van der Waals surface area (Å²) in [7, 11) is 0. The number of Topliss-reactive ketones (excluding diaryl/α,β-unsaturated/α-hetero) is 1. The second-order valence-corrected chi connectivity index (χ2v) is 7.80. The molecule has 1 atom stereocenters. The highest BCUT2D eigenvalue weighted by Gasteiger charge is 2.49. The van der Waals surface area contributed by atoms with E-state index in [0.29, 0.717) is 22.6 Å². The molecule has 1 aliphatic carbocycles. The number of ketones is 1. The van der Waals surface area contributed by atoms with E-state index in [9.17, 15) is 19.8 Å². The minimum Gasteiger partial charge on any atom is -0.508 e. The van der Waals surface area contributed by atoms with Gasteiger partial charge in [0.1, 0.15) is 11.5 Å². The molecule has 2 aromatic carbocycles. The third-order valence-corrected chi connectivity index (χ3v) is 6.05. The molecule has 2 heterocycles. The summed E-state index contributed by atoms with van der Waals surface area (Å²) in [5.41, 5.74) is 1.10. The Kier molecular flexibility index (Phi) is 4.38. The number of hydrogen-bond donors (Lipinski definition) is 2. The highest BCUT2D eigenvalue weighted by Crippen LogP contribution is 2.44. The van der Waals surface area contributed by atoms with Crippen molar-refractivity contribution in [1.82, 2.24) is 4.90 Å². The Balaban J connectivity index is 1.65. The van der Waals surface area contributed by atoms with Gasteiger partial charge in [0.2, 0.25) is 6.79 Å². The molecule has 2 N–H and O–H groups in total. The maximum Gasteiger partial charge on any atom is 0.295 e. The van der Waals surface area contributed by atoms with Crippen molar-refractivity contribution in [2.75, 3.05) is 6.79 Å². The van der Waals surface area contributed by atoms with Crippen LogP contribution in [0.25, 0.3) is 5.76 Å². The molecule has 0 bridgehead atoms. The van der Waals surface area contributed by atoms with E-state index in [0.717, 1.165) is 25.7 Å². The van der Waals surface area contributed by atoms with Crippen molar-refractivity contribution in [3.63, 3.8) is 0 Å². The van der Waals surface area contributed by atoms with Crippen LogP contribution in [0.1, 0.15) is 42.9 Å². The number of likely N-dealkylation sites (tertiary alicyclic amines) is 1. The van der Waals surface area contributed by atoms with Gasteiger partial charge in [-0.1, -0.05) is 25.0 Å². The lowest BCUT2D eigenvalue weighted by molar-refractivity contribution is -0.141. The number of hydrogen-bond acceptors (Lipinski definition) is 6. The van der Waals surface area contributed by atoms with E-state index in [4.69, 9.17) is 9.47 Å². The summed E-state index contributed by atoms with van der Waals surface area (Å²) >= 11 is 0. The molecule has 2 aromatic rings. The lowest BCUT2D eigenvalue weighted by atomic mass is 9.94. The summed E-state index contributed by atoms with van der Waals surface area (Å²) in [6.07, 6.45) is 3.65. The molecule has 5 rings (SSSR count). The molecule has 7 nitrogen and oxygen atoms in total. The number of nitrogens with zero attached hydrogens (tertiary/aromatic N) is 1. The second-order valence-electron chi connectivity index (χ2n) is 7.80. The van der Waals surface area contributed by atoms with Gasteiger partial charge in [0.15, 0.2) is 11.5 Å². The van der Waals surface area contributed by atoms with Gasteiger partial charge in [-0.2, -0.15) is 0 Å². The third kappa shape index (κ3) is 2.89. The summed E-state index contributed by atoms with van der Waals surface area (Å²) in [6, 6.07) is 10.5. The first kappa shape index (κ1) is 18.5. The van der Waals surface area contributed by atoms with Crippen LogP contribution in [0.3, 0.4) is 0 Å². The fraction of sp³-hybridized carbons (Fsp3) is 0.304. The Hall–Kier alpha value is -3.48. The number of aromatic hydroxyl groups is 1. The number of aliphatic hydroxyl groups excluding tert-OH is 1. The molecule has 0 spiro atoms. The van der Waals surface area contributed by atoms with Crippen LogP contribution in [0.2, 0.25) is 0 Å². The zero-order chi connectivity index (χ0) is 20.8. The van der Waals surface area contributed by atoms with Crippen molar-refractivity contribution in [3.8, 4) is 17.2 Å². The molecular weight excluding hydrogens is 386 g/mol. The molecule has 3 aliphatic rings. The van der Waals surface area contributed by atoms with Gasteiger partial charge in [-0.3, -0.25) is 9.59 Å². The van der Waals surface area contributed by atoms with Gasteiger partial charge in [-0.05, 0) is 48.7 Å². The van der Waals surface area contributed by atoms with E-state index in [1.54, 1.807) is 35.2 Å². The zero-order valence-electron chi connectivity index (χ0n) is 16.2. The smallest absolute Gasteiger partial charge is 0.295 e. The monoisotopic (exact) mass is 407 g/mol. The normalized spacial score (nSPS) is 22.8. The molecule has 154 valence electrons. The van der Waals surface area contributed by atoms with Crippen LogP contribution in [0.15, 0.2) is 48.0 Å². The molecule has 1 unspecified atom stereocenters. The summed E-state index contributed by atoms with van der Waals surface area (Å²) in [5, 5.41) is 20.8. The molecule has 1 amide bonds. The first-order valence-electron chi connectivity index (χ1n) is 10.0. The highest BCUT2D eigenvalue weighted by molar-refractivity contribution is 6.46. The summed E-state index contributed by atoms with van der Waals surface area (Å²) in [6.45, 7) is 0.0964. The first-order valence-corrected chi connectivity index (χ1v) is 10.0. The van der Waals surface area contributed by atoms with Crippen LogP contribution in [-0.4, -0.2) is 39.6 Å². The number of rotatable bonds is 3. The van der Waals surface area contributed by atoms with Gasteiger partial charge in [0.05, 0.1) is 11.6 Å². The standard InChI is InChI=1S/C23H21NO6/c25-16-8-5-13(6-9-16)20-19(22(27)23(28)24(20)15-3-1-2-4-15)21(26)14-7-10-17-18(11-14)30-12-29-17/h5-11,15,20,25-26H,1-4,12H2/b21-19-. The Morgan fingerprint density at radius 2 is 1.67 bits per heavy atom. The lowest BCUT2D eigenvalue weighted by Crippen LogP contribution is -2.37. The van der Waals surface area contributed by atoms with E-state index in [-0.39, 0.29) is 29.9 Å². The Morgan fingerprint density at radius 1 is 0.967 bits per heavy atom. The molecule has 30 heavy (non-hydrogen) atoms. The van der Waals surface area contributed by atoms with Gasteiger partial charge in [0, 0.05) is 11.6 Å². The SMILES string of the molecule is O=C1C(=O)N(C2CCCC2)C(c2ccc(O)cc2)/C1=C(/O)c1ccc2c(c1)OCO2. The van der Waals surface area contributed by atoms with Crippen molar-refractivity contribution in [2.24, 2.45) is 0 Å².